The normalized spacial score (nSPS) is 9.67. The monoisotopic (exact) mass is 234 g/mol. The zero-order valence-electron chi connectivity index (χ0n) is 8.72. The highest BCUT2D eigenvalue weighted by atomic mass is 35.5. The van der Waals surface area contributed by atoms with Crippen LogP contribution in [0.4, 0.5) is 0 Å². The standard InChI is InChI=1S/C8H19ClN6/c9-15(8(12)13)6-4-2-1-3-5-14-7(10)11/h1-6H2,(H3,12,13)(H4,10,11,14). The number of unbranched alkanes of at least 4 members (excludes halogenated alkanes) is 3. The molecule has 0 bridgehead atoms. The van der Waals surface area contributed by atoms with Crippen LogP contribution in [0.15, 0.2) is 0 Å². The number of nitrogens with one attached hydrogen (secondary N) is 3. The van der Waals surface area contributed by atoms with Crippen molar-refractivity contribution in [2.45, 2.75) is 25.7 Å². The molecular weight excluding hydrogens is 216 g/mol. The van der Waals surface area contributed by atoms with E-state index in [1.165, 1.54) is 4.42 Å². The number of halogens is 1. The fraction of sp³-hybridized carbons (Fsp3) is 0.750. The molecule has 0 aliphatic rings. The van der Waals surface area contributed by atoms with Gasteiger partial charge in [-0.3, -0.25) is 15.2 Å². The first-order valence-corrected chi connectivity index (χ1v) is 5.23. The molecule has 0 aliphatic heterocycles. The fourth-order valence-electron chi connectivity index (χ4n) is 1.07. The summed E-state index contributed by atoms with van der Waals surface area (Å²) >= 11 is 5.62. The van der Waals surface area contributed by atoms with Crippen LogP contribution in [0.2, 0.25) is 0 Å². The highest BCUT2D eigenvalue weighted by Crippen LogP contribution is 2.02. The molecule has 0 unspecified atom stereocenters. The zero-order valence-corrected chi connectivity index (χ0v) is 9.48. The molecule has 0 amide bonds. The van der Waals surface area contributed by atoms with E-state index < -0.39 is 0 Å². The van der Waals surface area contributed by atoms with Gasteiger partial charge in [-0.25, -0.2) is 0 Å². The Morgan fingerprint density at radius 1 is 1.13 bits per heavy atom. The van der Waals surface area contributed by atoms with Crippen molar-refractivity contribution in [3.63, 3.8) is 0 Å². The second kappa shape index (κ2) is 8.16. The van der Waals surface area contributed by atoms with Gasteiger partial charge in [0.1, 0.15) is 0 Å². The van der Waals surface area contributed by atoms with Crippen molar-refractivity contribution in [2.24, 2.45) is 11.5 Å². The molecule has 0 radical (unpaired) electrons. The third-order valence-corrected chi connectivity index (χ3v) is 2.21. The minimum atomic E-state index is -0.116. The lowest BCUT2D eigenvalue weighted by molar-refractivity contribution is 0.552. The highest BCUT2D eigenvalue weighted by molar-refractivity contribution is 6.21. The summed E-state index contributed by atoms with van der Waals surface area (Å²) in [5.74, 6) is -0.103. The second-order valence-corrected chi connectivity index (χ2v) is 3.63. The summed E-state index contributed by atoms with van der Waals surface area (Å²) in [4.78, 5) is 0. The third kappa shape index (κ3) is 9.14. The van der Waals surface area contributed by atoms with Gasteiger partial charge in [-0.15, -0.1) is 0 Å². The first-order valence-electron chi connectivity index (χ1n) is 4.89. The van der Waals surface area contributed by atoms with Gasteiger partial charge in [0.2, 0.25) is 5.96 Å². The van der Waals surface area contributed by atoms with Gasteiger partial charge in [0, 0.05) is 24.9 Å². The third-order valence-electron chi connectivity index (χ3n) is 1.86. The van der Waals surface area contributed by atoms with Crippen LogP contribution < -0.4 is 16.8 Å². The lowest BCUT2D eigenvalue weighted by atomic mass is 10.2. The molecule has 0 heterocycles. The van der Waals surface area contributed by atoms with Crippen molar-refractivity contribution in [3.8, 4) is 0 Å². The van der Waals surface area contributed by atoms with Crippen LogP contribution in [0.5, 0.6) is 0 Å². The van der Waals surface area contributed by atoms with Crippen LogP contribution in [0.3, 0.4) is 0 Å². The van der Waals surface area contributed by atoms with Crippen molar-refractivity contribution < 1.29 is 0 Å². The van der Waals surface area contributed by atoms with Crippen molar-refractivity contribution in [1.29, 1.82) is 10.8 Å². The van der Waals surface area contributed by atoms with Crippen LogP contribution in [0, 0.1) is 10.8 Å². The average Bonchev–Trinajstić information content (AvgIpc) is 2.15. The maximum absolute atomic E-state index is 7.02. The summed E-state index contributed by atoms with van der Waals surface area (Å²) in [5.41, 5.74) is 10.3. The summed E-state index contributed by atoms with van der Waals surface area (Å²) in [5, 5.41) is 16.7. The smallest absolute Gasteiger partial charge is 0.203 e. The molecule has 7 heteroatoms. The molecule has 15 heavy (non-hydrogen) atoms. The number of hydrogen-bond acceptors (Lipinski definition) is 2. The van der Waals surface area contributed by atoms with Crippen molar-refractivity contribution >= 4 is 23.7 Å². The van der Waals surface area contributed by atoms with E-state index in [0.717, 1.165) is 32.2 Å². The van der Waals surface area contributed by atoms with E-state index in [1.807, 2.05) is 0 Å². The Morgan fingerprint density at radius 2 is 1.73 bits per heavy atom. The number of rotatable bonds is 7. The predicted molar refractivity (Wildman–Crippen MR) is 62.9 cm³/mol. The van der Waals surface area contributed by atoms with Crippen molar-refractivity contribution in [2.75, 3.05) is 13.1 Å². The van der Waals surface area contributed by atoms with Crippen LogP contribution in [0.1, 0.15) is 25.7 Å². The molecule has 0 aromatic carbocycles. The summed E-state index contributed by atoms with van der Waals surface area (Å²) in [7, 11) is 0. The minimum Gasteiger partial charge on any atom is -0.370 e. The molecule has 0 fully saturated rings. The second-order valence-electron chi connectivity index (χ2n) is 3.23. The van der Waals surface area contributed by atoms with Crippen molar-refractivity contribution in [3.05, 3.63) is 0 Å². The Balaban J connectivity index is 3.18. The number of guanidine groups is 2. The molecule has 0 rings (SSSR count). The summed E-state index contributed by atoms with van der Waals surface area (Å²) in [6, 6.07) is 0. The van der Waals surface area contributed by atoms with E-state index in [0.29, 0.717) is 6.54 Å². The van der Waals surface area contributed by atoms with Crippen molar-refractivity contribution in [1.82, 2.24) is 9.74 Å². The Bertz CT molecular complexity index is 207. The Labute approximate surface area is 95.1 Å². The SMILES string of the molecule is N=C(N)NCCCCCCN(Cl)C(=N)N. The number of hydrogen-bond donors (Lipinski definition) is 5. The number of nitrogens with zero attached hydrogens (tertiary/aromatic N) is 1. The topological polar surface area (TPSA) is 115 Å². The van der Waals surface area contributed by atoms with Gasteiger partial charge in [-0.2, -0.15) is 0 Å². The summed E-state index contributed by atoms with van der Waals surface area (Å²) in [6.45, 7) is 1.32. The summed E-state index contributed by atoms with van der Waals surface area (Å²) in [6.07, 6.45) is 3.95. The molecule has 0 saturated heterocycles. The van der Waals surface area contributed by atoms with Crippen LogP contribution in [0.25, 0.3) is 0 Å². The minimum absolute atomic E-state index is 0.0125. The number of nitrogens with two attached hydrogens (primary N) is 2. The maximum Gasteiger partial charge on any atom is 0.203 e. The molecular formula is C8H19ClN6. The molecule has 0 aromatic heterocycles. The van der Waals surface area contributed by atoms with E-state index in [-0.39, 0.29) is 11.9 Å². The molecule has 6 nitrogen and oxygen atoms in total. The van der Waals surface area contributed by atoms with Gasteiger partial charge in [0.15, 0.2) is 5.96 Å². The van der Waals surface area contributed by atoms with Crippen LogP contribution >= 0.6 is 11.8 Å². The van der Waals surface area contributed by atoms with Gasteiger partial charge in [0.05, 0.1) is 0 Å². The van der Waals surface area contributed by atoms with Gasteiger partial charge in [0.25, 0.3) is 0 Å². The van der Waals surface area contributed by atoms with Gasteiger partial charge in [-0.1, -0.05) is 12.8 Å². The molecule has 0 saturated carbocycles. The summed E-state index contributed by atoms with van der Waals surface area (Å²) < 4.78 is 1.20. The fourth-order valence-corrected chi connectivity index (χ4v) is 1.19. The van der Waals surface area contributed by atoms with E-state index in [9.17, 15) is 0 Å². The van der Waals surface area contributed by atoms with E-state index in [4.69, 9.17) is 34.1 Å². The predicted octanol–water partition coefficient (Wildman–Crippen LogP) is 0.379. The van der Waals surface area contributed by atoms with E-state index >= 15 is 0 Å². The Morgan fingerprint density at radius 3 is 2.27 bits per heavy atom. The zero-order chi connectivity index (χ0) is 11.7. The highest BCUT2D eigenvalue weighted by Gasteiger charge is 2.00. The first-order chi connectivity index (χ1) is 7.04. The lowest BCUT2D eigenvalue weighted by Crippen LogP contribution is -2.31. The maximum atomic E-state index is 7.02. The molecule has 88 valence electrons. The lowest BCUT2D eigenvalue weighted by Gasteiger charge is -2.12. The van der Waals surface area contributed by atoms with Gasteiger partial charge >= 0.3 is 0 Å². The van der Waals surface area contributed by atoms with E-state index in [1.54, 1.807) is 0 Å². The average molecular weight is 235 g/mol. The van der Waals surface area contributed by atoms with Gasteiger partial charge < -0.3 is 16.8 Å². The molecule has 0 atom stereocenters. The van der Waals surface area contributed by atoms with Crippen LogP contribution in [-0.2, 0) is 0 Å². The molecule has 0 spiro atoms. The van der Waals surface area contributed by atoms with Crippen LogP contribution in [-0.4, -0.2) is 29.4 Å². The van der Waals surface area contributed by atoms with E-state index in [2.05, 4.69) is 5.32 Å². The molecule has 7 N–H and O–H groups in total. The molecule has 0 aromatic rings. The Kier molecular flexibility index (Phi) is 7.53. The quantitative estimate of drug-likeness (QED) is 0.190. The first kappa shape index (κ1) is 13.8. The van der Waals surface area contributed by atoms with Gasteiger partial charge in [-0.05, 0) is 12.8 Å². The Hall–Kier alpha value is -1.17. The largest absolute Gasteiger partial charge is 0.370 e. The molecule has 0 aliphatic carbocycles.